The molecular weight excluding hydrogens is 271 g/mol. The molecule has 1 aromatic carbocycles. The lowest BCUT2D eigenvalue weighted by Gasteiger charge is -2.16. The number of benzene rings is 1. The molecule has 0 amide bonds. The third kappa shape index (κ3) is 2.58. The molecule has 0 saturated carbocycles. The van der Waals surface area contributed by atoms with Gasteiger partial charge in [0.15, 0.2) is 0 Å². The number of nitrogens with two attached hydrogens (primary N) is 1. The van der Waals surface area contributed by atoms with Crippen LogP contribution in [-0.2, 0) is 0 Å². The third-order valence-corrected chi connectivity index (χ3v) is 3.17. The monoisotopic (exact) mass is 282 g/mol. The van der Waals surface area contributed by atoms with E-state index in [0.717, 1.165) is 5.56 Å². The molecule has 94 valence electrons. The fourth-order valence-electron chi connectivity index (χ4n) is 1.71. The van der Waals surface area contributed by atoms with Crippen molar-refractivity contribution in [3.8, 4) is 5.75 Å². The lowest BCUT2D eigenvalue weighted by Crippen LogP contribution is -2.15. The van der Waals surface area contributed by atoms with Crippen molar-refractivity contribution < 1.29 is 4.74 Å². The maximum atomic E-state index is 6.17. The van der Waals surface area contributed by atoms with Gasteiger partial charge in [0.2, 0.25) is 0 Å². The van der Waals surface area contributed by atoms with Crippen molar-refractivity contribution in [1.29, 1.82) is 0 Å². The maximum absolute atomic E-state index is 6.17. The zero-order valence-corrected chi connectivity index (χ0v) is 11.2. The van der Waals surface area contributed by atoms with Gasteiger partial charge in [-0.25, -0.2) is 0 Å². The first-order chi connectivity index (χ1) is 8.63. The van der Waals surface area contributed by atoms with E-state index in [4.69, 9.17) is 33.7 Å². The average molecular weight is 283 g/mol. The predicted molar refractivity (Wildman–Crippen MR) is 73.3 cm³/mol. The second-order valence-corrected chi connectivity index (χ2v) is 4.58. The topological polar surface area (TPSA) is 48.1 Å². The molecule has 2 rings (SSSR count). The molecule has 2 aromatic rings. The van der Waals surface area contributed by atoms with Crippen molar-refractivity contribution in [2.75, 3.05) is 7.11 Å². The molecule has 1 unspecified atom stereocenters. The number of rotatable bonds is 3. The summed E-state index contributed by atoms with van der Waals surface area (Å²) in [6.07, 6.45) is 1.67. The van der Waals surface area contributed by atoms with Crippen LogP contribution < -0.4 is 10.5 Å². The Kier molecular flexibility index (Phi) is 4.07. The van der Waals surface area contributed by atoms with Crippen LogP contribution in [0.1, 0.15) is 17.3 Å². The molecule has 1 atom stereocenters. The Morgan fingerprint density at radius 1 is 1.28 bits per heavy atom. The first kappa shape index (κ1) is 13.1. The van der Waals surface area contributed by atoms with E-state index in [2.05, 4.69) is 4.98 Å². The minimum atomic E-state index is -0.453. The predicted octanol–water partition coefficient (Wildman–Crippen LogP) is 3.45. The Bertz CT molecular complexity index is 560. The summed E-state index contributed by atoms with van der Waals surface area (Å²) in [5.41, 5.74) is 7.58. The standard InChI is InChI=1S/C13H12Cl2N2O/c1-18-11-3-2-6-17-13(11)12(16)9-5-4-8(14)7-10(9)15/h2-7,12H,16H2,1H3. The van der Waals surface area contributed by atoms with Crippen LogP contribution in [0.4, 0.5) is 0 Å². The van der Waals surface area contributed by atoms with E-state index in [1.165, 1.54) is 0 Å². The zero-order valence-electron chi connectivity index (χ0n) is 9.73. The molecule has 0 radical (unpaired) electrons. The van der Waals surface area contributed by atoms with E-state index in [1.54, 1.807) is 37.6 Å². The van der Waals surface area contributed by atoms with Crippen LogP contribution in [0, 0.1) is 0 Å². The lowest BCUT2D eigenvalue weighted by atomic mass is 10.0. The molecule has 0 aliphatic carbocycles. The molecule has 0 spiro atoms. The number of ether oxygens (including phenoxy) is 1. The highest BCUT2D eigenvalue weighted by Gasteiger charge is 2.17. The number of nitrogens with zero attached hydrogens (tertiary/aromatic N) is 1. The normalized spacial score (nSPS) is 12.2. The van der Waals surface area contributed by atoms with Crippen molar-refractivity contribution in [3.63, 3.8) is 0 Å². The van der Waals surface area contributed by atoms with Crippen LogP contribution in [-0.4, -0.2) is 12.1 Å². The molecule has 3 nitrogen and oxygen atoms in total. The van der Waals surface area contributed by atoms with Crippen LogP contribution >= 0.6 is 23.2 Å². The van der Waals surface area contributed by atoms with Crippen molar-refractivity contribution in [2.45, 2.75) is 6.04 Å². The molecule has 18 heavy (non-hydrogen) atoms. The van der Waals surface area contributed by atoms with Crippen molar-refractivity contribution >= 4 is 23.2 Å². The molecule has 1 heterocycles. The number of pyridine rings is 1. The first-order valence-electron chi connectivity index (χ1n) is 5.33. The molecular formula is C13H12Cl2N2O. The van der Waals surface area contributed by atoms with Gasteiger partial charge in [-0.05, 0) is 29.8 Å². The van der Waals surface area contributed by atoms with E-state index in [0.29, 0.717) is 21.5 Å². The van der Waals surface area contributed by atoms with E-state index >= 15 is 0 Å². The van der Waals surface area contributed by atoms with Gasteiger partial charge < -0.3 is 10.5 Å². The SMILES string of the molecule is COc1cccnc1C(N)c1ccc(Cl)cc1Cl. The average Bonchev–Trinajstić information content (AvgIpc) is 2.38. The number of hydrogen-bond donors (Lipinski definition) is 1. The van der Waals surface area contributed by atoms with Crippen LogP contribution in [0.3, 0.4) is 0 Å². The minimum Gasteiger partial charge on any atom is -0.495 e. The molecule has 0 fully saturated rings. The minimum absolute atomic E-state index is 0.453. The summed E-state index contributed by atoms with van der Waals surface area (Å²) in [5, 5.41) is 1.09. The van der Waals surface area contributed by atoms with Crippen molar-refractivity contribution in [3.05, 3.63) is 57.8 Å². The molecule has 0 bridgehead atoms. The van der Waals surface area contributed by atoms with Gasteiger partial charge in [0.25, 0.3) is 0 Å². The fraction of sp³-hybridized carbons (Fsp3) is 0.154. The van der Waals surface area contributed by atoms with Crippen molar-refractivity contribution in [1.82, 2.24) is 4.98 Å². The smallest absolute Gasteiger partial charge is 0.142 e. The van der Waals surface area contributed by atoms with Gasteiger partial charge in [-0.1, -0.05) is 29.3 Å². The van der Waals surface area contributed by atoms with E-state index in [9.17, 15) is 0 Å². The maximum Gasteiger partial charge on any atom is 0.142 e. The van der Waals surface area contributed by atoms with Gasteiger partial charge >= 0.3 is 0 Å². The second kappa shape index (κ2) is 5.57. The molecule has 0 aliphatic rings. The van der Waals surface area contributed by atoms with Gasteiger partial charge in [0, 0.05) is 16.2 Å². The number of halogens is 2. The fourth-order valence-corrected chi connectivity index (χ4v) is 2.24. The first-order valence-corrected chi connectivity index (χ1v) is 6.08. The van der Waals surface area contributed by atoms with Crippen LogP contribution in [0.15, 0.2) is 36.5 Å². The highest BCUT2D eigenvalue weighted by atomic mass is 35.5. The van der Waals surface area contributed by atoms with Crippen molar-refractivity contribution in [2.24, 2.45) is 5.73 Å². The van der Waals surface area contributed by atoms with E-state index < -0.39 is 6.04 Å². The summed E-state index contributed by atoms with van der Waals surface area (Å²) in [4.78, 5) is 4.25. The number of aromatic nitrogens is 1. The molecule has 0 saturated heterocycles. The summed E-state index contributed by atoms with van der Waals surface area (Å²) in [7, 11) is 1.58. The van der Waals surface area contributed by atoms with Gasteiger partial charge in [-0.2, -0.15) is 0 Å². The molecule has 0 aliphatic heterocycles. The summed E-state index contributed by atoms with van der Waals surface area (Å²) < 4.78 is 5.24. The quantitative estimate of drug-likeness (QED) is 0.938. The summed E-state index contributed by atoms with van der Waals surface area (Å²) in [6, 6.07) is 8.35. The highest BCUT2D eigenvalue weighted by Crippen LogP contribution is 2.31. The highest BCUT2D eigenvalue weighted by molar-refractivity contribution is 6.35. The van der Waals surface area contributed by atoms with Gasteiger partial charge in [-0.15, -0.1) is 0 Å². The van der Waals surface area contributed by atoms with Crippen LogP contribution in [0.5, 0.6) is 5.75 Å². The molecule has 5 heteroatoms. The van der Waals surface area contributed by atoms with Gasteiger partial charge in [-0.3, -0.25) is 4.98 Å². The van der Waals surface area contributed by atoms with E-state index in [-0.39, 0.29) is 0 Å². The van der Waals surface area contributed by atoms with Crippen LogP contribution in [0.2, 0.25) is 10.0 Å². The van der Waals surface area contributed by atoms with Gasteiger partial charge in [0.1, 0.15) is 11.4 Å². The number of methoxy groups -OCH3 is 1. The Balaban J connectivity index is 2.44. The van der Waals surface area contributed by atoms with Gasteiger partial charge in [0.05, 0.1) is 13.2 Å². The zero-order chi connectivity index (χ0) is 13.1. The summed E-state index contributed by atoms with van der Waals surface area (Å²) in [6.45, 7) is 0. The number of hydrogen-bond acceptors (Lipinski definition) is 3. The second-order valence-electron chi connectivity index (χ2n) is 3.73. The Morgan fingerprint density at radius 2 is 2.06 bits per heavy atom. The Labute approximate surface area is 115 Å². The van der Waals surface area contributed by atoms with E-state index in [1.807, 2.05) is 6.07 Å². The molecule has 1 aromatic heterocycles. The largest absolute Gasteiger partial charge is 0.495 e. The summed E-state index contributed by atoms with van der Waals surface area (Å²) >= 11 is 12.0. The Hall–Kier alpha value is -1.29. The molecule has 2 N–H and O–H groups in total. The third-order valence-electron chi connectivity index (χ3n) is 2.61. The Morgan fingerprint density at radius 3 is 2.72 bits per heavy atom. The summed E-state index contributed by atoms with van der Waals surface area (Å²) in [5.74, 6) is 0.635. The lowest BCUT2D eigenvalue weighted by molar-refractivity contribution is 0.404. The van der Waals surface area contributed by atoms with Crippen LogP contribution in [0.25, 0.3) is 0 Å².